The Labute approximate surface area is 231 Å². The molecule has 0 fully saturated rings. The number of carbonyl (C=O) groups is 4. The fraction of sp³-hybridized carbons (Fsp3) is 0.125. The third kappa shape index (κ3) is 5.61. The van der Waals surface area contributed by atoms with Crippen molar-refractivity contribution in [2.45, 2.75) is 0 Å². The largest absolute Gasteiger partial charge is 0.497 e. The van der Waals surface area contributed by atoms with Crippen molar-refractivity contribution in [2.75, 3.05) is 28.4 Å². The molecule has 0 saturated heterocycles. The zero-order valence-electron chi connectivity index (χ0n) is 22.3. The van der Waals surface area contributed by atoms with Gasteiger partial charge in [-0.2, -0.15) is 0 Å². The molecule has 0 saturated carbocycles. The van der Waals surface area contributed by atoms with Gasteiger partial charge in [-0.1, -0.05) is 12.1 Å². The fourth-order valence-corrected chi connectivity index (χ4v) is 4.12. The summed E-state index contributed by atoms with van der Waals surface area (Å²) < 4.78 is 20.9. The third-order valence-corrected chi connectivity index (χ3v) is 6.34. The number of benzene rings is 4. The summed E-state index contributed by atoms with van der Waals surface area (Å²) >= 11 is 0. The van der Waals surface area contributed by atoms with Crippen molar-refractivity contribution in [3.05, 3.63) is 107 Å². The lowest BCUT2D eigenvalue weighted by molar-refractivity contribution is 0.0815. The van der Waals surface area contributed by atoms with E-state index in [4.69, 9.17) is 18.9 Å². The lowest BCUT2D eigenvalue weighted by Gasteiger charge is -2.13. The molecular formula is C32H26O8. The normalized spacial score (nSPS) is 10.4. The maximum atomic E-state index is 13.2. The Kier molecular flexibility index (Phi) is 8.39. The highest BCUT2D eigenvalue weighted by Gasteiger charge is 2.25. The zero-order valence-corrected chi connectivity index (χ0v) is 22.3. The Balaban J connectivity index is 1.70. The number of carbonyl (C=O) groups excluding carboxylic acids is 4. The van der Waals surface area contributed by atoms with Crippen molar-refractivity contribution < 1.29 is 38.1 Å². The van der Waals surface area contributed by atoms with Gasteiger partial charge in [-0.25, -0.2) is 0 Å². The molecular weight excluding hydrogens is 512 g/mol. The number of ether oxygens (including phenoxy) is 4. The Hall–Kier alpha value is -5.24. The molecule has 8 nitrogen and oxygen atoms in total. The summed E-state index contributed by atoms with van der Waals surface area (Å²) in [5.74, 6) is -1.41. The van der Waals surface area contributed by atoms with Crippen LogP contribution in [-0.2, 0) is 0 Å². The van der Waals surface area contributed by atoms with Crippen molar-refractivity contribution in [1.29, 1.82) is 0 Å². The highest BCUT2D eigenvalue weighted by molar-refractivity contribution is 6.50. The molecule has 0 atom stereocenters. The average molecular weight is 539 g/mol. The first-order chi connectivity index (χ1) is 19.3. The minimum absolute atomic E-state index is 0.0545. The molecule has 0 spiro atoms. The number of Topliss-reactive ketones (excluding diaryl/α,β-unsaturated/α-hetero) is 4. The van der Waals surface area contributed by atoms with Crippen LogP contribution in [0.4, 0.5) is 0 Å². The van der Waals surface area contributed by atoms with Gasteiger partial charge in [0, 0.05) is 11.1 Å². The first-order valence-electron chi connectivity index (χ1n) is 12.1. The lowest BCUT2D eigenvalue weighted by Crippen LogP contribution is -2.16. The van der Waals surface area contributed by atoms with Gasteiger partial charge in [0.25, 0.3) is 0 Å². The van der Waals surface area contributed by atoms with Crippen LogP contribution in [0.5, 0.6) is 23.0 Å². The first-order valence-corrected chi connectivity index (χ1v) is 12.1. The summed E-state index contributed by atoms with van der Waals surface area (Å²) in [5.41, 5.74) is 1.57. The molecule has 4 aromatic rings. The molecule has 4 rings (SSSR count). The topological polar surface area (TPSA) is 105 Å². The Morgan fingerprint density at radius 3 is 1.07 bits per heavy atom. The van der Waals surface area contributed by atoms with Gasteiger partial charge in [-0.3, -0.25) is 19.2 Å². The number of hydrogen-bond donors (Lipinski definition) is 0. The first kappa shape index (κ1) is 27.8. The van der Waals surface area contributed by atoms with E-state index >= 15 is 0 Å². The molecule has 0 heterocycles. The Morgan fingerprint density at radius 1 is 0.425 bits per heavy atom. The van der Waals surface area contributed by atoms with E-state index < -0.39 is 23.1 Å². The van der Waals surface area contributed by atoms with Crippen LogP contribution in [0, 0.1) is 0 Å². The number of methoxy groups -OCH3 is 4. The second-order valence-electron chi connectivity index (χ2n) is 8.60. The van der Waals surface area contributed by atoms with Gasteiger partial charge in [0.1, 0.15) is 23.0 Å². The van der Waals surface area contributed by atoms with E-state index in [0.717, 1.165) is 0 Å². The molecule has 0 aliphatic rings. The van der Waals surface area contributed by atoms with Crippen LogP contribution in [0.3, 0.4) is 0 Å². The monoisotopic (exact) mass is 538 g/mol. The van der Waals surface area contributed by atoms with Gasteiger partial charge in [0.05, 0.1) is 39.6 Å². The van der Waals surface area contributed by atoms with E-state index in [-0.39, 0.29) is 33.8 Å². The van der Waals surface area contributed by atoms with Crippen LogP contribution in [0.15, 0.2) is 84.9 Å². The summed E-state index contributed by atoms with van der Waals surface area (Å²) in [6, 6.07) is 22.0. The molecule has 0 radical (unpaired) electrons. The predicted octanol–water partition coefficient (Wildman–Crippen LogP) is 5.52. The highest BCUT2D eigenvalue weighted by Crippen LogP contribution is 2.32. The quantitative estimate of drug-likeness (QED) is 0.182. The van der Waals surface area contributed by atoms with Crippen LogP contribution >= 0.6 is 0 Å². The van der Waals surface area contributed by atoms with Crippen LogP contribution < -0.4 is 18.9 Å². The summed E-state index contributed by atoms with van der Waals surface area (Å²) in [6.45, 7) is 0. The Bertz CT molecular complexity index is 1460. The smallest absolute Gasteiger partial charge is 0.237 e. The molecule has 0 aromatic heterocycles. The maximum Gasteiger partial charge on any atom is 0.237 e. The van der Waals surface area contributed by atoms with Crippen molar-refractivity contribution in [3.63, 3.8) is 0 Å². The molecule has 4 aromatic carbocycles. The van der Waals surface area contributed by atoms with Gasteiger partial charge >= 0.3 is 0 Å². The van der Waals surface area contributed by atoms with Crippen molar-refractivity contribution in [1.82, 2.24) is 0 Å². The van der Waals surface area contributed by atoms with Crippen LogP contribution in [0.1, 0.15) is 41.4 Å². The van der Waals surface area contributed by atoms with E-state index in [1.165, 1.54) is 64.8 Å². The number of hydrogen-bond acceptors (Lipinski definition) is 8. The number of rotatable bonds is 11. The van der Waals surface area contributed by atoms with Gasteiger partial charge in [-0.15, -0.1) is 0 Å². The van der Waals surface area contributed by atoms with E-state index in [1.54, 1.807) is 48.5 Å². The van der Waals surface area contributed by atoms with Crippen LogP contribution in [0.25, 0.3) is 11.1 Å². The molecule has 40 heavy (non-hydrogen) atoms. The SMILES string of the molecule is COc1ccc(C(=O)C(=O)c2cc(-c3ccc(OC)c(C(=O)C(=O)c4ccc(OC)cc4)c3)ccc2OC)cc1. The predicted molar refractivity (Wildman–Crippen MR) is 148 cm³/mol. The number of ketones is 4. The molecule has 0 aliphatic carbocycles. The van der Waals surface area contributed by atoms with Crippen molar-refractivity contribution >= 4 is 23.1 Å². The molecule has 0 bridgehead atoms. The lowest BCUT2D eigenvalue weighted by atomic mass is 9.94. The van der Waals surface area contributed by atoms with Gasteiger partial charge in [0.15, 0.2) is 0 Å². The maximum absolute atomic E-state index is 13.2. The standard InChI is InChI=1S/C32H26O8/c1-37-23-11-5-19(6-12-23)29(33)31(35)25-17-21(9-15-27(25)39-3)22-10-16-28(40-4)26(18-22)32(36)30(34)20-7-13-24(38-2)14-8-20/h5-18H,1-4H3. The third-order valence-electron chi connectivity index (χ3n) is 6.34. The summed E-state index contributed by atoms with van der Waals surface area (Å²) in [6.07, 6.45) is 0. The molecule has 0 amide bonds. The van der Waals surface area contributed by atoms with Crippen LogP contribution in [0.2, 0.25) is 0 Å². The van der Waals surface area contributed by atoms with Gasteiger partial charge in [0.2, 0.25) is 23.1 Å². The van der Waals surface area contributed by atoms with Crippen LogP contribution in [-0.4, -0.2) is 51.6 Å². The minimum Gasteiger partial charge on any atom is -0.497 e. The van der Waals surface area contributed by atoms with E-state index in [0.29, 0.717) is 22.6 Å². The molecule has 0 unspecified atom stereocenters. The van der Waals surface area contributed by atoms with Gasteiger partial charge < -0.3 is 18.9 Å². The van der Waals surface area contributed by atoms with Crippen molar-refractivity contribution in [2.24, 2.45) is 0 Å². The summed E-state index contributed by atoms with van der Waals surface area (Å²) in [7, 11) is 5.81. The molecule has 202 valence electrons. The second kappa shape index (κ2) is 12.1. The highest BCUT2D eigenvalue weighted by atomic mass is 16.5. The average Bonchev–Trinajstić information content (AvgIpc) is 3.02. The van der Waals surface area contributed by atoms with Gasteiger partial charge in [-0.05, 0) is 83.9 Å². The molecule has 8 heteroatoms. The summed E-state index contributed by atoms with van der Waals surface area (Å²) in [5, 5.41) is 0. The second-order valence-corrected chi connectivity index (χ2v) is 8.60. The fourth-order valence-electron chi connectivity index (χ4n) is 4.12. The minimum atomic E-state index is -0.761. The van der Waals surface area contributed by atoms with Crippen molar-refractivity contribution in [3.8, 4) is 34.1 Å². The molecule has 0 N–H and O–H groups in total. The van der Waals surface area contributed by atoms with E-state index in [9.17, 15) is 19.2 Å². The zero-order chi connectivity index (χ0) is 28.8. The Morgan fingerprint density at radius 2 is 0.775 bits per heavy atom. The van der Waals surface area contributed by atoms with E-state index in [2.05, 4.69) is 0 Å². The van der Waals surface area contributed by atoms with E-state index in [1.807, 2.05) is 0 Å². The molecule has 0 aliphatic heterocycles. The summed E-state index contributed by atoms with van der Waals surface area (Å²) in [4.78, 5) is 52.5.